The zero-order valence-electron chi connectivity index (χ0n) is 13.8. The largest absolute Gasteiger partial charge is 0.321 e. The molecule has 0 aliphatic rings. The number of aromatic nitrogens is 2. The first kappa shape index (κ1) is 16.5. The van der Waals surface area contributed by atoms with Gasteiger partial charge in [-0.1, -0.05) is 46.0 Å². The highest BCUT2D eigenvalue weighted by atomic mass is 16.1. The highest BCUT2D eigenvalue weighted by Crippen LogP contribution is 2.10. The van der Waals surface area contributed by atoms with Crippen molar-refractivity contribution in [2.45, 2.75) is 58.8 Å². The van der Waals surface area contributed by atoms with Crippen molar-refractivity contribution in [1.82, 2.24) is 9.66 Å². The first-order valence-corrected chi connectivity index (χ1v) is 8.51. The van der Waals surface area contributed by atoms with Crippen LogP contribution >= 0.6 is 0 Å². The molecule has 0 saturated heterocycles. The Morgan fingerprint density at radius 1 is 1.14 bits per heavy atom. The maximum absolute atomic E-state index is 12.5. The van der Waals surface area contributed by atoms with E-state index in [1.165, 1.54) is 32.1 Å². The van der Waals surface area contributed by atoms with E-state index in [-0.39, 0.29) is 5.56 Å². The van der Waals surface area contributed by atoms with Crippen molar-refractivity contribution in [3.05, 3.63) is 40.3 Å². The third-order valence-corrected chi connectivity index (χ3v) is 4.02. The molecule has 0 saturated carbocycles. The van der Waals surface area contributed by atoms with Gasteiger partial charge in [-0.3, -0.25) is 4.79 Å². The van der Waals surface area contributed by atoms with Gasteiger partial charge in [-0.15, -0.1) is 0 Å². The zero-order valence-corrected chi connectivity index (χ0v) is 13.8. The van der Waals surface area contributed by atoms with Gasteiger partial charge >= 0.3 is 0 Å². The van der Waals surface area contributed by atoms with Crippen LogP contribution in [0.4, 0.5) is 0 Å². The number of nitrogens with one attached hydrogen (secondary N) is 1. The molecule has 0 bridgehead atoms. The van der Waals surface area contributed by atoms with Crippen molar-refractivity contribution in [2.24, 2.45) is 0 Å². The summed E-state index contributed by atoms with van der Waals surface area (Å²) in [6.45, 7) is 5.05. The summed E-state index contributed by atoms with van der Waals surface area (Å²) in [5, 5.41) is 1.01. The minimum absolute atomic E-state index is 0.0275. The Hall–Kier alpha value is -1.84. The van der Waals surface area contributed by atoms with E-state index in [9.17, 15) is 4.79 Å². The molecule has 0 aliphatic heterocycles. The summed E-state index contributed by atoms with van der Waals surface area (Å²) in [6, 6.07) is 5.86. The van der Waals surface area contributed by atoms with E-state index in [0.29, 0.717) is 0 Å². The minimum atomic E-state index is 0.0275. The van der Waals surface area contributed by atoms with Crippen LogP contribution in [0.25, 0.3) is 11.0 Å². The van der Waals surface area contributed by atoms with Gasteiger partial charge in [-0.25, -0.2) is 9.66 Å². The number of rotatable bonds is 9. The van der Waals surface area contributed by atoms with Crippen LogP contribution < -0.4 is 11.0 Å². The van der Waals surface area contributed by atoms with Gasteiger partial charge in [0, 0.05) is 23.7 Å². The van der Waals surface area contributed by atoms with Crippen molar-refractivity contribution < 1.29 is 0 Å². The Labute approximate surface area is 132 Å². The van der Waals surface area contributed by atoms with Gasteiger partial charge in [0.15, 0.2) is 5.65 Å². The number of hydrogen-bond donors (Lipinski definition) is 1. The summed E-state index contributed by atoms with van der Waals surface area (Å²) < 4.78 is 1.63. The maximum Gasteiger partial charge on any atom is 0.273 e. The monoisotopic (exact) mass is 301 g/mol. The van der Waals surface area contributed by atoms with Crippen LogP contribution in [-0.2, 0) is 6.42 Å². The van der Waals surface area contributed by atoms with Crippen LogP contribution in [0, 0.1) is 0 Å². The van der Waals surface area contributed by atoms with Crippen LogP contribution in [0.15, 0.2) is 29.2 Å². The summed E-state index contributed by atoms with van der Waals surface area (Å²) >= 11 is 0. The number of aryl methyl sites for hydroxylation is 1. The summed E-state index contributed by atoms with van der Waals surface area (Å²) in [5.41, 5.74) is 4.84. The highest BCUT2D eigenvalue weighted by molar-refractivity contribution is 5.75. The fourth-order valence-corrected chi connectivity index (χ4v) is 2.69. The average molecular weight is 301 g/mol. The molecule has 0 radical (unpaired) electrons. The van der Waals surface area contributed by atoms with Gasteiger partial charge in [-0.05, 0) is 31.0 Å². The summed E-state index contributed by atoms with van der Waals surface area (Å²) in [6.07, 6.45) is 9.94. The molecular formula is C18H27N3O. The van der Waals surface area contributed by atoms with Crippen LogP contribution in [0.2, 0.25) is 0 Å². The molecule has 2 heterocycles. The van der Waals surface area contributed by atoms with Crippen molar-refractivity contribution in [3.63, 3.8) is 0 Å². The third-order valence-electron chi connectivity index (χ3n) is 4.02. The molecule has 0 aromatic carbocycles. The number of pyridine rings is 2. The summed E-state index contributed by atoms with van der Waals surface area (Å²) in [5.74, 6) is 0. The van der Waals surface area contributed by atoms with Crippen LogP contribution in [0.5, 0.6) is 0 Å². The molecule has 0 amide bonds. The van der Waals surface area contributed by atoms with Gasteiger partial charge in [-0.2, -0.15) is 0 Å². The molecule has 1 N–H and O–H groups in total. The fraction of sp³-hybridized carbons (Fsp3) is 0.556. The lowest BCUT2D eigenvalue weighted by Crippen LogP contribution is -2.32. The van der Waals surface area contributed by atoms with Crippen LogP contribution in [0.1, 0.15) is 57.9 Å². The van der Waals surface area contributed by atoms with Gasteiger partial charge in [0.25, 0.3) is 5.56 Å². The topological polar surface area (TPSA) is 46.9 Å². The number of fused-ring (bicyclic) bond motifs is 1. The molecule has 0 spiro atoms. The second-order valence-corrected chi connectivity index (χ2v) is 5.76. The Kier molecular flexibility index (Phi) is 6.44. The summed E-state index contributed by atoms with van der Waals surface area (Å²) in [7, 11) is 0. The van der Waals surface area contributed by atoms with Gasteiger partial charge < -0.3 is 5.43 Å². The summed E-state index contributed by atoms with van der Waals surface area (Å²) in [4.78, 5) is 16.8. The van der Waals surface area contributed by atoms with Gasteiger partial charge in [0.2, 0.25) is 0 Å². The van der Waals surface area contributed by atoms with Gasteiger partial charge in [0.05, 0.1) is 0 Å². The Morgan fingerprint density at radius 3 is 2.68 bits per heavy atom. The lowest BCUT2D eigenvalue weighted by Gasteiger charge is -2.13. The number of unbranched alkanes of at least 4 members (excludes halogenated alkanes) is 5. The van der Waals surface area contributed by atoms with Crippen molar-refractivity contribution in [1.29, 1.82) is 0 Å². The standard InChI is InChI=1S/C18H27N3O/c1-3-5-6-7-8-9-13-20-21-17-16(11-10-12-19-17)14-15(4-2)18(21)22/h10-12,14,20H,3-9,13H2,1-2H3. The minimum Gasteiger partial charge on any atom is -0.321 e. The molecule has 4 nitrogen and oxygen atoms in total. The SMILES string of the molecule is CCCCCCCCNn1c(=O)c(CC)cc2cccnc21. The lowest BCUT2D eigenvalue weighted by atomic mass is 10.1. The van der Waals surface area contributed by atoms with Crippen molar-refractivity contribution >= 4 is 11.0 Å². The fourth-order valence-electron chi connectivity index (χ4n) is 2.69. The van der Waals surface area contributed by atoms with E-state index in [2.05, 4.69) is 17.3 Å². The zero-order chi connectivity index (χ0) is 15.8. The van der Waals surface area contributed by atoms with Crippen molar-refractivity contribution in [3.8, 4) is 0 Å². The second kappa shape index (κ2) is 8.57. The maximum atomic E-state index is 12.5. The Balaban J connectivity index is 2.03. The normalized spacial score (nSPS) is 11.0. The molecule has 0 aliphatic carbocycles. The second-order valence-electron chi connectivity index (χ2n) is 5.76. The lowest BCUT2D eigenvalue weighted by molar-refractivity contribution is 0.607. The number of nitrogens with zero attached hydrogens (tertiary/aromatic N) is 2. The van der Waals surface area contributed by atoms with E-state index >= 15 is 0 Å². The van der Waals surface area contributed by atoms with E-state index in [1.54, 1.807) is 10.9 Å². The molecule has 22 heavy (non-hydrogen) atoms. The van der Waals surface area contributed by atoms with E-state index in [0.717, 1.165) is 36.0 Å². The van der Waals surface area contributed by atoms with E-state index in [4.69, 9.17) is 0 Å². The molecule has 0 fully saturated rings. The molecule has 2 rings (SSSR count). The Bertz CT molecular complexity index is 648. The predicted octanol–water partition coefficient (Wildman–Crippen LogP) is 3.86. The predicted molar refractivity (Wildman–Crippen MR) is 93.0 cm³/mol. The molecule has 2 aromatic rings. The first-order chi connectivity index (χ1) is 10.8. The molecular weight excluding hydrogens is 274 g/mol. The highest BCUT2D eigenvalue weighted by Gasteiger charge is 2.08. The van der Waals surface area contributed by atoms with E-state index in [1.807, 2.05) is 25.1 Å². The molecule has 0 atom stereocenters. The van der Waals surface area contributed by atoms with Gasteiger partial charge in [0.1, 0.15) is 0 Å². The molecule has 2 aromatic heterocycles. The Morgan fingerprint density at radius 2 is 1.91 bits per heavy atom. The molecule has 4 heteroatoms. The average Bonchev–Trinajstić information content (AvgIpc) is 2.55. The first-order valence-electron chi connectivity index (χ1n) is 8.51. The smallest absolute Gasteiger partial charge is 0.273 e. The quantitative estimate of drug-likeness (QED) is 0.715. The molecule has 0 unspecified atom stereocenters. The number of hydrogen-bond acceptors (Lipinski definition) is 3. The van der Waals surface area contributed by atoms with Crippen LogP contribution in [-0.4, -0.2) is 16.2 Å². The molecule has 120 valence electrons. The van der Waals surface area contributed by atoms with Crippen LogP contribution in [0.3, 0.4) is 0 Å². The van der Waals surface area contributed by atoms with E-state index < -0.39 is 0 Å². The third kappa shape index (κ3) is 4.09. The van der Waals surface area contributed by atoms with Crippen molar-refractivity contribution in [2.75, 3.05) is 12.0 Å².